The van der Waals surface area contributed by atoms with Crippen LogP contribution < -0.4 is 5.32 Å². The van der Waals surface area contributed by atoms with Crippen LogP contribution in [0.1, 0.15) is 73.1 Å². The summed E-state index contributed by atoms with van der Waals surface area (Å²) >= 11 is 0. The van der Waals surface area contributed by atoms with E-state index in [0.717, 1.165) is 35.4 Å². The van der Waals surface area contributed by atoms with E-state index in [4.69, 9.17) is 9.72 Å². The summed E-state index contributed by atoms with van der Waals surface area (Å²) in [6.45, 7) is 5.88. The highest BCUT2D eigenvalue weighted by Gasteiger charge is 2.39. The third kappa shape index (κ3) is 5.77. The van der Waals surface area contributed by atoms with Crippen molar-refractivity contribution in [2.24, 2.45) is 0 Å². The first-order valence-corrected chi connectivity index (χ1v) is 14.8. The van der Waals surface area contributed by atoms with Crippen LogP contribution in [0.5, 0.6) is 0 Å². The van der Waals surface area contributed by atoms with Crippen molar-refractivity contribution >= 4 is 29.2 Å². The second-order valence-electron chi connectivity index (χ2n) is 12.9. The van der Waals surface area contributed by atoms with Gasteiger partial charge in [0.2, 0.25) is 0 Å². The molecule has 0 saturated heterocycles. The largest absolute Gasteiger partial charge is 0.443 e. The summed E-state index contributed by atoms with van der Waals surface area (Å²) in [7, 11) is 3.97. The molecule has 2 aliphatic rings. The Morgan fingerprint density at radius 1 is 1.18 bits per heavy atom. The number of anilines is 2. The van der Waals surface area contributed by atoms with Gasteiger partial charge in [0, 0.05) is 24.4 Å². The highest BCUT2D eigenvalue weighted by Crippen LogP contribution is 2.40. The van der Waals surface area contributed by atoms with Crippen LogP contribution in [-0.2, 0) is 17.8 Å². The molecule has 1 aliphatic heterocycles. The third-order valence-corrected chi connectivity index (χ3v) is 8.04. The van der Waals surface area contributed by atoms with Crippen molar-refractivity contribution in [1.82, 2.24) is 24.2 Å². The first-order valence-electron chi connectivity index (χ1n) is 14.8. The van der Waals surface area contributed by atoms with Gasteiger partial charge in [-0.1, -0.05) is 12.1 Å². The Kier molecular flexibility index (Phi) is 7.63. The first kappa shape index (κ1) is 29.7. The van der Waals surface area contributed by atoms with Crippen LogP contribution >= 0.6 is 0 Å². The summed E-state index contributed by atoms with van der Waals surface area (Å²) in [6.07, 6.45) is 4.61. The van der Waals surface area contributed by atoms with E-state index in [0.29, 0.717) is 46.1 Å². The molecule has 1 fully saturated rings. The quantitative estimate of drug-likeness (QED) is 0.283. The maximum absolute atomic E-state index is 13.9. The standard InChI is InChI=1S/C33H37FN6O4/c1-33(2,3)44-32(43)40-17-24-23(27-16-35-29-15-20(34)12-13-39(27)29)8-10-25(30(24)31(40)42)36-28-11-9-22(19-6-7-21(41)14-19)26(37-28)18-38(4)5/h8-13,15-16,19,21,41H,6-7,14,17-18H2,1-5H3,(H,36,37). The average Bonchev–Trinajstić information content (AvgIpc) is 3.65. The van der Waals surface area contributed by atoms with E-state index in [1.54, 1.807) is 43.6 Å². The molecule has 0 bridgehead atoms. The summed E-state index contributed by atoms with van der Waals surface area (Å²) < 4.78 is 21.2. The SMILES string of the molecule is CN(C)Cc1nc(Nc2ccc(-c3cnc4cc(F)ccn34)c3c2C(=O)N(C(=O)OC(C)(C)C)C3)ccc1C1CCC(O)C1. The number of aliphatic hydroxyl groups is 1. The lowest BCUT2D eigenvalue weighted by Crippen LogP contribution is -2.37. The van der Waals surface area contributed by atoms with Crippen molar-refractivity contribution in [3.8, 4) is 11.3 Å². The fraction of sp³-hybridized carbons (Fsp3) is 0.394. The second kappa shape index (κ2) is 11.3. The molecule has 1 saturated carbocycles. The van der Waals surface area contributed by atoms with Crippen molar-refractivity contribution in [3.63, 3.8) is 0 Å². The van der Waals surface area contributed by atoms with Crippen molar-refractivity contribution in [2.75, 3.05) is 19.4 Å². The zero-order chi connectivity index (χ0) is 31.3. The Morgan fingerprint density at radius 2 is 1.98 bits per heavy atom. The van der Waals surface area contributed by atoms with Gasteiger partial charge in [-0.3, -0.25) is 9.20 Å². The van der Waals surface area contributed by atoms with E-state index in [1.165, 1.54) is 12.1 Å². The number of rotatable bonds is 6. The second-order valence-corrected chi connectivity index (χ2v) is 12.9. The van der Waals surface area contributed by atoms with E-state index in [9.17, 15) is 19.1 Å². The third-order valence-electron chi connectivity index (χ3n) is 8.04. The van der Waals surface area contributed by atoms with Gasteiger partial charge in [0.05, 0.1) is 41.5 Å². The van der Waals surface area contributed by atoms with Crippen LogP contribution in [0.15, 0.2) is 48.8 Å². The monoisotopic (exact) mass is 600 g/mol. The normalized spacial score (nSPS) is 18.4. The summed E-state index contributed by atoms with van der Waals surface area (Å²) in [4.78, 5) is 39.5. The number of carbonyl (C=O) groups is 2. The zero-order valence-electron chi connectivity index (χ0n) is 25.6. The summed E-state index contributed by atoms with van der Waals surface area (Å²) in [5.74, 6) is -0.0775. The molecule has 3 aromatic heterocycles. The maximum Gasteiger partial charge on any atom is 0.417 e. The van der Waals surface area contributed by atoms with Gasteiger partial charge in [0.15, 0.2) is 0 Å². The van der Waals surface area contributed by atoms with Gasteiger partial charge in [0.1, 0.15) is 22.9 Å². The molecule has 4 heterocycles. The Morgan fingerprint density at radius 3 is 2.68 bits per heavy atom. The lowest BCUT2D eigenvalue weighted by atomic mass is 9.95. The van der Waals surface area contributed by atoms with Crippen LogP contribution in [0, 0.1) is 5.82 Å². The number of benzene rings is 1. The van der Waals surface area contributed by atoms with Crippen LogP contribution in [0.3, 0.4) is 0 Å². The number of carbonyl (C=O) groups excluding carboxylic acids is 2. The molecule has 1 aromatic carbocycles. The van der Waals surface area contributed by atoms with Crippen molar-refractivity contribution in [2.45, 2.75) is 70.7 Å². The van der Waals surface area contributed by atoms with Gasteiger partial charge in [-0.05, 0) is 89.4 Å². The first-order chi connectivity index (χ1) is 20.9. The van der Waals surface area contributed by atoms with E-state index in [1.807, 2.05) is 26.2 Å². The number of ether oxygens (including phenoxy) is 1. The molecule has 230 valence electrons. The molecule has 10 nitrogen and oxygen atoms in total. The van der Waals surface area contributed by atoms with Gasteiger partial charge >= 0.3 is 6.09 Å². The Bertz CT molecular complexity index is 1760. The molecule has 0 radical (unpaired) electrons. The molecule has 2 unspecified atom stereocenters. The smallest absolute Gasteiger partial charge is 0.417 e. The number of imide groups is 1. The van der Waals surface area contributed by atoms with E-state index < -0.39 is 23.4 Å². The minimum atomic E-state index is -0.786. The molecule has 4 aromatic rings. The molecule has 6 rings (SSSR count). The number of pyridine rings is 2. The summed E-state index contributed by atoms with van der Waals surface area (Å²) in [6, 6.07) is 10.3. The Labute approximate surface area is 255 Å². The van der Waals surface area contributed by atoms with Gasteiger partial charge < -0.3 is 20.1 Å². The lowest BCUT2D eigenvalue weighted by Gasteiger charge is -2.23. The van der Waals surface area contributed by atoms with Crippen molar-refractivity contribution < 1.29 is 23.8 Å². The Hall–Kier alpha value is -4.35. The number of imidazole rings is 1. The fourth-order valence-corrected chi connectivity index (χ4v) is 6.14. The number of aromatic nitrogens is 3. The highest BCUT2D eigenvalue weighted by atomic mass is 19.1. The minimum Gasteiger partial charge on any atom is -0.443 e. The number of halogens is 1. The van der Waals surface area contributed by atoms with Crippen molar-refractivity contribution in [3.05, 3.63) is 77.0 Å². The average molecular weight is 601 g/mol. The molecule has 44 heavy (non-hydrogen) atoms. The fourth-order valence-electron chi connectivity index (χ4n) is 6.14. The number of hydrogen-bond acceptors (Lipinski definition) is 8. The molecule has 0 spiro atoms. The van der Waals surface area contributed by atoms with E-state index >= 15 is 0 Å². The maximum atomic E-state index is 13.9. The highest BCUT2D eigenvalue weighted by molar-refractivity contribution is 6.11. The predicted molar refractivity (Wildman–Crippen MR) is 164 cm³/mol. The summed E-state index contributed by atoms with van der Waals surface area (Å²) in [5, 5.41) is 13.5. The van der Waals surface area contributed by atoms with Gasteiger partial charge in [-0.25, -0.2) is 24.1 Å². The van der Waals surface area contributed by atoms with Gasteiger partial charge in [-0.2, -0.15) is 0 Å². The number of fused-ring (bicyclic) bond motifs is 2. The van der Waals surface area contributed by atoms with Crippen LogP contribution in [0.25, 0.3) is 16.9 Å². The van der Waals surface area contributed by atoms with Crippen LogP contribution in [-0.4, -0.2) is 67.1 Å². The molecule has 2 N–H and O–H groups in total. The molecule has 2 amide bonds. The Balaban J connectivity index is 1.41. The zero-order valence-corrected chi connectivity index (χ0v) is 25.6. The number of nitrogens with one attached hydrogen (secondary N) is 1. The van der Waals surface area contributed by atoms with E-state index in [-0.39, 0.29) is 18.6 Å². The number of nitrogens with zero attached hydrogens (tertiary/aromatic N) is 5. The van der Waals surface area contributed by atoms with Crippen LogP contribution in [0.4, 0.5) is 20.7 Å². The van der Waals surface area contributed by atoms with Crippen molar-refractivity contribution in [1.29, 1.82) is 0 Å². The number of amides is 2. The number of aliphatic hydroxyl groups excluding tert-OH is 1. The molecule has 2 atom stereocenters. The van der Waals surface area contributed by atoms with Gasteiger partial charge in [0.25, 0.3) is 5.91 Å². The summed E-state index contributed by atoms with van der Waals surface area (Å²) in [5.41, 5.74) is 4.50. The minimum absolute atomic E-state index is 0.00458. The lowest BCUT2D eigenvalue weighted by molar-refractivity contribution is 0.0248. The topological polar surface area (TPSA) is 112 Å². The van der Waals surface area contributed by atoms with E-state index in [2.05, 4.69) is 21.3 Å². The van der Waals surface area contributed by atoms with Crippen LogP contribution in [0.2, 0.25) is 0 Å². The predicted octanol–water partition coefficient (Wildman–Crippen LogP) is 5.86. The molecular formula is C33H37FN6O4. The molecule has 11 heteroatoms. The molecule has 1 aliphatic carbocycles. The molecular weight excluding hydrogens is 563 g/mol. The van der Waals surface area contributed by atoms with Gasteiger partial charge in [-0.15, -0.1) is 0 Å². The number of hydrogen-bond donors (Lipinski definition) is 2.